The molecule has 0 saturated heterocycles. The highest BCUT2D eigenvalue weighted by atomic mass is 19.4. The zero-order valence-electron chi connectivity index (χ0n) is 11.9. The summed E-state index contributed by atoms with van der Waals surface area (Å²) < 4.78 is 44.9. The summed E-state index contributed by atoms with van der Waals surface area (Å²) in [7, 11) is 0. The quantitative estimate of drug-likeness (QED) is 0.914. The van der Waals surface area contributed by atoms with E-state index in [1.165, 1.54) is 24.5 Å². The SMILES string of the molecule is CCOc1ncc(NC(=O)c2ccc(OC(F)(F)F)cc2)cn1. The predicted molar refractivity (Wildman–Crippen MR) is 74.3 cm³/mol. The molecular weight excluding hydrogens is 315 g/mol. The Morgan fingerprint density at radius 2 is 1.78 bits per heavy atom. The van der Waals surface area contributed by atoms with Crippen LogP contribution in [0.3, 0.4) is 0 Å². The molecule has 0 aliphatic rings. The molecule has 0 aliphatic carbocycles. The lowest BCUT2D eigenvalue weighted by Gasteiger charge is -2.09. The summed E-state index contributed by atoms with van der Waals surface area (Å²) in [6, 6.07) is 4.71. The molecule has 0 unspecified atom stereocenters. The third-order valence-electron chi connectivity index (χ3n) is 2.51. The molecule has 1 amide bonds. The van der Waals surface area contributed by atoms with Crippen molar-refractivity contribution in [1.29, 1.82) is 0 Å². The number of ether oxygens (including phenoxy) is 2. The Balaban J connectivity index is 2.00. The van der Waals surface area contributed by atoms with E-state index < -0.39 is 18.0 Å². The number of nitrogens with one attached hydrogen (secondary N) is 1. The highest BCUT2D eigenvalue weighted by molar-refractivity contribution is 6.04. The molecule has 0 aliphatic heterocycles. The fourth-order valence-corrected chi connectivity index (χ4v) is 1.60. The molecule has 0 saturated carbocycles. The Labute approximate surface area is 129 Å². The molecule has 0 atom stereocenters. The standard InChI is InChI=1S/C14H12F3N3O3/c1-2-22-13-18-7-10(8-19-13)20-12(21)9-3-5-11(6-4-9)23-14(15,16)17/h3-8H,2H2,1H3,(H,20,21). The van der Waals surface area contributed by atoms with Crippen LogP contribution in [0.1, 0.15) is 17.3 Å². The Morgan fingerprint density at radius 3 is 2.30 bits per heavy atom. The number of carbonyl (C=O) groups is 1. The van der Waals surface area contributed by atoms with Crippen LogP contribution in [0.25, 0.3) is 0 Å². The molecule has 0 fully saturated rings. The third kappa shape index (κ3) is 5.13. The summed E-state index contributed by atoms with van der Waals surface area (Å²) in [6.45, 7) is 2.20. The van der Waals surface area contributed by atoms with Crippen molar-refractivity contribution in [3.63, 3.8) is 0 Å². The number of rotatable bonds is 5. The minimum absolute atomic E-state index is 0.161. The van der Waals surface area contributed by atoms with E-state index in [2.05, 4.69) is 20.0 Å². The van der Waals surface area contributed by atoms with Crippen molar-refractivity contribution in [2.24, 2.45) is 0 Å². The topological polar surface area (TPSA) is 73.3 Å². The Bertz CT molecular complexity index is 658. The lowest BCUT2D eigenvalue weighted by molar-refractivity contribution is -0.274. The zero-order chi connectivity index (χ0) is 16.9. The van der Waals surface area contributed by atoms with Crippen molar-refractivity contribution >= 4 is 11.6 Å². The van der Waals surface area contributed by atoms with Crippen molar-refractivity contribution in [3.05, 3.63) is 42.2 Å². The maximum absolute atomic E-state index is 12.0. The van der Waals surface area contributed by atoms with E-state index in [1.54, 1.807) is 6.92 Å². The second kappa shape index (κ2) is 6.95. The minimum Gasteiger partial charge on any atom is -0.464 e. The van der Waals surface area contributed by atoms with Crippen molar-refractivity contribution in [2.75, 3.05) is 11.9 Å². The molecule has 6 nitrogen and oxygen atoms in total. The van der Waals surface area contributed by atoms with Gasteiger partial charge < -0.3 is 14.8 Å². The number of anilines is 1. The molecule has 122 valence electrons. The first-order valence-electron chi connectivity index (χ1n) is 6.49. The number of carbonyl (C=O) groups excluding carboxylic acids is 1. The largest absolute Gasteiger partial charge is 0.573 e. The molecule has 1 heterocycles. The van der Waals surface area contributed by atoms with Gasteiger partial charge in [-0.15, -0.1) is 13.2 Å². The van der Waals surface area contributed by atoms with Gasteiger partial charge in [-0.2, -0.15) is 0 Å². The van der Waals surface area contributed by atoms with Gasteiger partial charge in [-0.25, -0.2) is 9.97 Å². The predicted octanol–water partition coefficient (Wildman–Crippen LogP) is 3.03. The molecule has 23 heavy (non-hydrogen) atoms. The summed E-state index contributed by atoms with van der Waals surface area (Å²) >= 11 is 0. The molecule has 2 rings (SSSR count). The fourth-order valence-electron chi connectivity index (χ4n) is 1.60. The number of amides is 1. The first-order chi connectivity index (χ1) is 10.9. The van der Waals surface area contributed by atoms with Crippen LogP contribution in [0.5, 0.6) is 11.8 Å². The Hall–Kier alpha value is -2.84. The number of alkyl halides is 3. The van der Waals surface area contributed by atoms with Gasteiger partial charge in [0.05, 0.1) is 24.7 Å². The summed E-state index contributed by atoms with van der Waals surface area (Å²) in [5.41, 5.74) is 0.488. The molecule has 1 aromatic carbocycles. The average molecular weight is 327 g/mol. The van der Waals surface area contributed by atoms with Crippen LogP contribution in [0.4, 0.5) is 18.9 Å². The smallest absolute Gasteiger partial charge is 0.464 e. The van der Waals surface area contributed by atoms with Gasteiger partial charge in [-0.1, -0.05) is 0 Å². The normalized spacial score (nSPS) is 11.0. The lowest BCUT2D eigenvalue weighted by Crippen LogP contribution is -2.17. The number of hydrogen-bond donors (Lipinski definition) is 1. The van der Waals surface area contributed by atoms with Gasteiger partial charge in [0.2, 0.25) is 0 Å². The first-order valence-corrected chi connectivity index (χ1v) is 6.49. The maximum Gasteiger partial charge on any atom is 0.573 e. The summed E-state index contributed by atoms with van der Waals surface area (Å²) in [4.78, 5) is 19.7. The van der Waals surface area contributed by atoms with Gasteiger partial charge >= 0.3 is 12.4 Å². The minimum atomic E-state index is -4.77. The van der Waals surface area contributed by atoms with Gasteiger partial charge in [-0.3, -0.25) is 4.79 Å². The fraction of sp³-hybridized carbons (Fsp3) is 0.214. The molecular formula is C14H12F3N3O3. The van der Waals surface area contributed by atoms with E-state index in [1.807, 2.05) is 0 Å². The molecule has 1 N–H and O–H groups in total. The van der Waals surface area contributed by atoms with Gasteiger partial charge in [0, 0.05) is 5.56 Å². The summed E-state index contributed by atoms with van der Waals surface area (Å²) in [5.74, 6) is -0.922. The van der Waals surface area contributed by atoms with Crippen LogP contribution < -0.4 is 14.8 Å². The summed E-state index contributed by atoms with van der Waals surface area (Å²) in [6.07, 6.45) is -2.06. The lowest BCUT2D eigenvalue weighted by atomic mass is 10.2. The van der Waals surface area contributed by atoms with Gasteiger partial charge in [0.1, 0.15) is 5.75 Å². The number of aromatic nitrogens is 2. The van der Waals surface area contributed by atoms with E-state index in [0.717, 1.165) is 12.1 Å². The molecule has 0 spiro atoms. The van der Waals surface area contributed by atoms with E-state index in [9.17, 15) is 18.0 Å². The Kier molecular flexibility index (Phi) is 4.99. The van der Waals surface area contributed by atoms with E-state index >= 15 is 0 Å². The van der Waals surface area contributed by atoms with Gasteiger partial charge in [0.15, 0.2) is 0 Å². The summed E-state index contributed by atoms with van der Waals surface area (Å²) in [5, 5.41) is 2.51. The van der Waals surface area contributed by atoms with Crippen molar-refractivity contribution < 1.29 is 27.4 Å². The van der Waals surface area contributed by atoms with E-state index in [-0.39, 0.29) is 11.6 Å². The van der Waals surface area contributed by atoms with Crippen molar-refractivity contribution in [2.45, 2.75) is 13.3 Å². The monoisotopic (exact) mass is 327 g/mol. The number of hydrogen-bond acceptors (Lipinski definition) is 5. The zero-order valence-corrected chi connectivity index (χ0v) is 11.9. The molecule has 9 heteroatoms. The third-order valence-corrected chi connectivity index (χ3v) is 2.51. The van der Waals surface area contributed by atoms with E-state index in [0.29, 0.717) is 12.3 Å². The maximum atomic E-state index is 12.0. The first kappa shape index (κ1) is 16.5. The van der Waals surface area contributed by atoms with Crippen LogP contribution in [0.2, 0.25) is 0 Å². The molecule has 1 aromatic heterocycles. The van der Waals surface area contributed by atoms with Crippen LogP contribution >= 0.6 is 0 Å². The number of nitrogens with zero attached hydrogens (tertiary/aromatic N) is 2. The molecule has 2 aromatic rings. The van der Waals surface area contributed by atoms with Gasteiger partial charge in [0.25, 0.3) is 5.91 Å². The average Bonchev–Trinajstić information content (AvgIpc) is 2.48. The number of benzene rings is 1. The second-order valence-corrected chi connectivity index (χ2v) is 4.21. The van der Waals surface area contributed by atoms with Crippen LogP contribution in [-0.2, 0) is 0 Å². The Morgan fingerprint density at radius 1 is 1.17 bits per heavy atom. The second-order valence-electron chi connectivity index (χ2n) is 4.21. The van der Waals surface area contributed by atoms with E-state index in [4.69, 9.17) is 4.74 Å². The van der Waals surface area contributed by atoms with Crippen LogP contribution in [-0.4, -0.2) is 28.8 Å². The molecule has 0 bridgehead atoms. The highest BCUT2D eigenvalue weighted by Gasteiger charge is 2.31. The van der Waals surface area contributed by atoms with Crippen LogP contribution in [0, 0.1) is 0 Å². The van der Waals surface area contributed by atoms with Gasteiger partial charge in [-0.05, 0) is 31.2 Å². The van der Waals surface area contributed by atoms with Crippen molar-refractivity contribution in [1.82, 2.24) is 9.97 Å². The highest BCUT2D eigenvalue weighted by Crippen LogP contribution is 2.23. The van der Waals surface area contributed by atoms with Crippen molar-refractivity contribution in [3.8, 4) is 11.8 Å². The number of halogens is 3. The van der Waals surface area contributed by atoms with Crippen LogP contribution in [0.15, 0.2) is 36.7 Å². The molecule has 0 radical (unpaired) electrons.